The number of hydrogen-bond acceptors (Lipinski definition) is 4. The number of hydrogen-bond donors (Lipinski definition) is 2. The topological polar surface area (TPSA) is 66.7 Å². The molecule has 4 rings (SSSR count). The zero-order chi connectivity index (χ0) is 15.5. The quantitative estimate of drug-likeness (QED) is 0.583. The lowest BCUT2D eigenvalue weighted by Crippen LogP contribution is -1.90. The largest absolute Gasteiger partial charge is 0.423 e. The van der Waals surface area contributed by atoms with Crippen LogP contribution < -0.4 is 5.32 Å². The van der Waals surface area contributed by atoms with Gasteiger partial charge in [0.2, 0.25) is 0 Å². The van der Waals surface area contributed by atoms with Crippen molar-refractivity contribution in [3.63, 3.8) is 0 Å². The van der Waals surface area contributed by atoms with Crippen LogP contribution in [-0.4, -0.2) is 15.0 Å². The Morgan fingerprint density at radius 2 is 1.70 bits per heavy atom. The van der Waals surface area contributed by atoms with Gasteiger partial charge in [-0.1, -0.05) is 30.3 Å². The minimum atomic E-state index is 0.467. The van der Waals surface area contributed by atoms with Gasteiger partial charge in [0, 0.05) is 29.2 Å². The number of nitrogens with one attached hydrogen (secondary N) is 2. The summed E-state index contributed by atoms with van der Waals surface area (Å²) >= 11 is 0. The molecular weight excluding hydrogens is 288 g/mol. The molecule has 2 heterocycles. The van der Waals surface area contributed by atoms with E-state index in [-0.39, 0.29) is 0 Å². The molecule has 0 aliphatic carbocycles. The van der Waals surface area contributed by atoms with Crippen molar-refractivity contribution in [1.29, 1.82) is 0 Å². The molecule has 4 aromatic rings. The van der Waals surface area contributed by atoms with Crippen molar-refractivity contribution in [2.45, 2.75) is 0 Å². The van der Waals surface area contributed by atoms with Gasteiger partial charge in [0.1, 0.15) is 5.82 Å². The van der Waals surface area contributed by atoms with Gasteiger partial charge in [0.15, 0.2) is 5.76 Å². The second-order valence-electron chi connectivity index (χ2n) is 5.04. The summed E-state index contributed by atoms with van der Waals surface area (Å²) < 4.78 is 5.74. The van der Waals surface area contributed by atoms with Crippen LogP contribution in [0.25, 0.3) is 22.7 Å². The third kappa shape index (κ3) is 2.85. The molecule has 0 aliphatic rings. The fourth-order valence-corrected chi connectivity index (χ4v) is 2.33. The zero-order valence-electron chi connectivity index (χ0n) is 12.2. The number of imidazole rings is 1. The molecule has 0 saturated carbocycles. The van der Waals surface area contributed by atoms with E-state index in [1.807, 2.05) is 54.6 Å². The number of nitrogens with zero attached hydrogens (tertiary/aromatic N) is 2. The Morgan fingerprint density at radius 1 is 0.870 bits per heavy atom. The summed E-state index contributed by atoms with van der Waals surface area (Å²) in [6, 6.07) is 18.3. The van der Waals surface area contributed by atoms with Gasteiger partial charge in [-0.2, -0.15) is 0 Å². The van der Waals surface area contributed by atoms with Gasteiger partial charge in [-0.25, -0.2) is 9.97 Å². The molecule has 5 heteroatoms. The van der Waals surface area contributed by atoms with Crippen molar-refractivity contribution in [3.05, 3.63) is 73.2 Å². The maximum absolute atomic E-state index is 5.74. The van der Waals surface area contributed by atoms with Crippen LogP contribution in [0.2, 0.25) is 0 Å². The highest BCUT2D eigenvalue weighted by atomic mass is 16.4. The third-order valence-corrected chi connectivity index (χ3v) is 3.47. The Morgan fingerprint density at radius 3 is 2.43 bits per heavy atom. The first kappa shape index (κ1) is 13.3. The van der Waals surface area contributed by atoms with E-state index in [0.29, 0.717) is 6.01 Å². The van der Waals surface area contributed by atoms with Crippen molar-refractivity contribution in [2.75, 3.05) is 5.32 Å². The van der Waals surface area contributed by atoms with Crippen molar-refractivity contribution in [1.82, 2.24) is 15.0 Å². The van der Waals surface area contributed by atoms with Crippen LogP contribution in [-0.2, 0) is 0 Å². The summed E-state index contributed by atoms with van der Waals surface area (Å²) in [7, 11) is 0. The smallest absolute Gasteiger partial charge is 0.299 e. The number of rotatable bonds is 4. The van der Waals surface area contributed by atoms with Crippen LogP contribution in [0.3, 0.4) is 0 Å². The summed E-state index contributed by atoms with van der Waals surface area (Å²) in [5.74, 6) is 1.58. The highest BCUT2D eigenvalue weighted by Crippen LogP contribution is 2.25. The molecule has 0 bridgehead atoms. The Balaban J connectivity index is 1.51. The van der Waals surface area contributed by atoms with Gasteiger partial charge >= 0.3 is 0 Å². The van der Waals surface area contributed by atoms with Gasteiger partial charge in [-0.05, 0) is 24.3 Å². The molecule has 0 aliphatic heterocycles. The predicted octanol–water partition coefficient (Wildman–Crippen LogP) is 4.48. The molecule has 0 spiro atoms. The van der Waals surface area contributed by atoms with Gasteiger partial charge in [0.25, 0.3) is 6.01 Å². The normalized spacial score (nSPS) is 10.6. The molecule has 0 saturated heterocycles. The van der Waals surface area contributed by atoms with Crippen LogP contribution in [0.15, 0.2) is 77.6 Å². The van der Waals surface area contributed by atoms with Crippen molar-refractivity contribution < 1.29 is 4.42 Å². The maximum atomic E-state index is 5.74. The highest BCUT2D eigenvalue weighted by molar-refractivity contribution is 5.63. The molecule has 0 atom stereocenters. The first-order valence-electron chi connectivity index (χ1n) is 7.26. The van der Waals surface area contributed by atoms with E-state index in [4.69, 9.17) is 4.42 Å². The van der Waals surface area contributed by atoms with Crippen LogP contribution in [0.5, 0.6) is 0 Å². The van der Waals surface area contributed by atoms with Gasteiger partial charge in [0.05, 0.1) is 6.20 Å². The fraction of sp³-hybridized carbons (Fsp3) is 0. The minimum Gasteiger partial charge on any atom is -0.423 e. The second-order valence-corrected chi connectivity index (χ2v) is 5.04. The number of oxazole rings is 1. The van der Waals surface area contributed by atoms with Crippen molar-refractivity contribution in [2.24, 2.45) is 0 Å². The van der Waals surface area contributed by atoms with Gasteiger partial charge < -0.3 is 14.7 Å². The van der Waals surface area contributed by atoms with Crippen LogP contribution in [0.4, 0.5) is 11.7 Å². The molecule has 2 N–H and O–H groups in total. The summed E-state index contributed by atoms with van der Waals surface area (Å²) in [5, 5.41) is 3.16. The van der Waals surface area contributed by atoms with Crippen LogP contribution >= 0.6 is 0 Å². The van der Waals surface area contributed by atoms with E-state index >= 15 is 0 Å². The molecule has 0 unspecified atom stereocenters. The lowest BCUT2D eigenvalue weighted by atomic mass is 10.2. The minimum absolute atomic E-state index is 0.467. The Kier molecular flexibility index (Phi) is 3.37. The molecule has 2 aromatic heterocycles. The molecule has 2 aromatic carbocycles. The zero-order valence-corrected chi connectivity index (χ0v) is 12.2. The van der Waals surface area contributed by atoms with Gasteiger partial charge in [-0.3, -0.25) is 0 Å². The molecule has 112 valence electrons. The fourth-order valence-electron chi connectivity index (χ4n) is 2.33. The lowest BCUT2D eigenvalue weighted by molar-refractivity contribution is 0.592. The van der Waals surface area contributed by atoms with E-state index in [2.05, 4.69) is 20.3 Å². The standard InChI is InChI=1S/C18H14N4O/c1-2-4-13(5-3-1)16-12-21-18(23-16)22-15-8-6-14(7-9-15)17-19-10-11-20-17/h1-12H,(H,19,20)(H,21,22). The number of benzene rings is 2. The Bertz CT molecular complexity index is 880. The molecule has 23 heavy (non-hydrogen) atoms. The molecule has 5 nitrogen and oxygen atoms in total. The van der Waals surface area contributed by atoms with E-state index < -0.39 is 0 Å². The summed E-state index contributed by atoms with van der Waals surface area (Å²) in [4.78, 5) is 11.6. The number of aromatic nitrogens is 3. The first-order valence-corrected chi connectivity index (χ1v) is 7.26. The Labute approximate surface area is 133 Å². The molecule has 0 amide bonds. The van der Waals surface area contributed by atoms with Crippen molar-refractivity contribution >= 4 is 11.7 Å². The third-order valence-electron chi connectivity index (χ3n) is 3.47. The average Bonchev–Trinajstić information content (AvgIpc) is 3.28. The van der Waals surface area contributed by atoms with Gasteiger partial charge in [-0.15, -0.1) is 0 Å². The highest BCUT2D eigenvalue weighted by Gasteiger charge is 2.06. The Hall–Kier alpha value is -3.34. The molecule has 0 fully saturated rings. The van der Waals surface area contributed by atoms with E-state index in [0.717, 1.165) is 28.4 Å². The van der Waals surface area contributed by atoms with Crippen LogP contribution in [0, 0.1) is 0 Å². The van der Waals surface area contributed by atoms with Crippen molar-refractivity contribution in [3.8, 4) is 22.7 Å². The predicted molar refractivity (Wildman–Crippen MR) is 89.2 cm³/mol. The van der Waals surface area contributed by atoms with E-state index in [1.165, 1.54) is 0 Å². The monoisotopic (exact) mass is 302 g/mol. The molecular formula is C18H14N4O. The average molecular weight is 302 g/mol. The maximum Gasteiger partial charge on any atom is 0.299 e. The number of aromatic amines is 1. The molecule has 0 radical (unpaired) electrons. The first-order chi connectivity index (χ1) is 11.4. The summed E-state index contributed by atoms with van der Waals surface area (Å²) in [5.41, 5.74) is 2.93. The lowest BCUT2D eigenvalue weighted by Gasteiger charge is -2.03. The van der Waals surface area contributed by atoms with Crippen LogP contribution in [0.1, 0.15) is 0 Å². The second kappa shape index (κ2) is 5.81. The van der Waals surface area contributed by atoms with E-state index in [1.54, 1.807) is 18.6 Å². The number of anilines is 2. The summed E-state index contributed by atoms with van der Waals surface area (Å²) in [6.07, 6.45) is 5.26. The van der Waals surface area contributed by atoms with E-state index in [9.17, 15) is 0 Å². The summed E-state index contributed by atoms with van der Waals surface area (Å²) in [6.45, 7) is 0. The SMILES string of the molecule is c1ccc(-c2cnc(Nc3ccc(-c4ncc[nH]4)cc3)o2)cc1. The number of H-pyrrole nitrogens is 1.